The Hall–Kier alpha value is -3.02. The number of hydrogen-bond donors (Lipinski definition) is 2. The van der Waals surface area contributed by atoms with Crippen molar-refractivity contribution in [1.29, 1.82) is 0 Å². The summed E-state index contributed by atoms with van der Waals surface area (Å²) in [6, 6.07) is 15.3. The molecule has 29 heavy (non-hydrogen) atoms. The highest BCUT2D eigenvalue weighted by atomic mass is 16.5. The molecule has 1 heterocycles. The first-order valence-electron chi connectivity index (χ1n) is 10.1. The molecule has 3 rings (SSSR count). The summed E-state index contributed by atoms with van der Waals surface area (Å²) in [6.07, 6.45) is 2.67. The zero-order valence-corrected chi connectivity index (χ0v) is 17.1. The second kappa shape index (κ2) is 9.96. The minimum Gasteiger partial charge on any atom is -0.497 e. The van der Waals surface area contributed by atoms with Crippen molar-refractivity contribution in [3.8, 4) is 5.75 Å². The average molecular weight is 396 g/mol. The minimum atomic E-state index is -0.218. The maximum Gasteiger partial charge on any atom is 0.319 e. The first-order valence-corrected chi connectivity index (χ1v) is 10.1. The van der Waals surface area contributed by atoms with Crippen LogP contribution in [0.3, 0.4) is 0 Å². The molecule has 1 aliphatic heterocycles. The zero-order chi connectivity index (χ0) is 20.6. The monoisotopic (exact) mass is 395 g/mol. The van der Waals surface area contributed by atoms with E-state index >= 15 is 0 Å². The van der Waals surface area contributed by atoms with Gasteiger partial charge in [0.05, 0.1) is 7.11 Å². The smallest absolute Gasteiger partial charge is 0.319 e. The summed E-state index contributed by atoms with van der Waals surface area (Å²) in [6.45, 7) is 3.23. The van der Waals surface area contributed by atoms with Crippen molar-refractivity contribution >= 4 is 17.6 Å². The lowest BCUT2D eigenvalue weighted by Crippen LogP contribution is -2.38. The lowest BCUT2D eigenvalue weighted by molar-refractivity contribution is -0.131. The van der Waals surface area contributed by atoms with E-state index in [0.717, 1.165) is 35.4 Å². The third-order valence-corrected chi connectivity index (χ3v) is 5.30. The Morgan fingerprint density at radius 3 is 2.79 bits per heavy atom. The normalized spacial score (nSPS) is 16.8. The molecule has 0 spiro atoms. The number of rotatable bonds is 6. The fourth-order valence-corrected chi connectivity index (χ4v) is 3.63. The van der Waals surface area contributed by atoms with Gasteiger partial charge in [-0.25, -0.2) is 4.79 Å². The number of likely N-dealkylation sites (tertiary alicyclic amines) is 1. The number of anilines is 1. The van der Waals surface area contributed by atoms with Crippen molar-refractivity contribution in [3.05, 3.63) is 59.7 Å². The lowest BCUT2D eigenvalue weighted by Gasteiger charge is -2.21. The van der Waals surface area contributed by atoms with Gasteiger partial charge in [0.1, 0.15) is 5.75 Å². The van der Waals surface area contributed by atoms with E-state index in [1.807, 2.05) is 53.4 Å². The number of nitrogens with zero attached hydrogens (tertiary/aromatic N) is 1. The molecule has 2 N–H and O–H groups in total. The van der Waals surface area contributed by atoms with E-state index in [-0.39, 0.29) is 18.0 Å². The van der Waals surface area contributed by atoms with Gasteiger partial charge in [0.15, 0.2) is 0 Å². The fraction of sp³-hybridized carbons (Fsp3) is 0.391. The molecule has 0 aliphatic carbocycles. The number of aryl methyl sites for hydroxylation is 1. The highest BCUT2D eigenvalue weighted by Gasteiger charge is 2.24. The number of hydrogen-bond acceptors (Lipinski definition) is 3. The third-order valence-electron chi connectivity index (χ3n) is 5.30. The number of carbonyl (C=O) groups is 2. The number of carbonyl (C=O) groups excluding carboxylic acids is 2. The van der Waals surface area contributed by atoms with E-state index in [2.05, 4.69) is 17.6 Å². The van der Waals surface area contributed by atoms with Crippen LogP contribution in [0.2, 0.25) is 0 Å². The molecular formula is C23H29N3O3. The third kappa shape index (κ3) is 5.73. The second-order valence-corrected chi connectivity index (χ2v) is 7.30. The van der Waals surface area contributed by atoms with Gasteiger partial charge in [0.2, 0.25) is 5.91 Å². The van der Waals surface area contributed by atoms with E-state index in [1.165, 1.54) is 0 Å². The summed E-state index contributed by atoms with van der Waals surface area (Å²) < 4.78 is 5.26. The molecule has 154 valence electrons. The first kappa shape index (κ1) is 20.7. The minimum absolute atomic E-state index is 0.0250. The summed E-state index contributed by atoms with van der Waals surface area (Å²) in [7, 11) is 1.64. The second-order valence-electron chi connectivity index (χ2n) is 7.30. The van der Waals surface area contributed by atoms with Gasteiger partial charge in [-0.15, -0.1) is 0 Å². The summed E-state index contributed by atoms with van der Waals surface area (Å²) in [5.74, 6) is 0.905. The molecule has 6 nitrogen and oxygen atoms in total. The number of methoxy groups -OCH3 is 1. The summed E-state index contributed by atoms with van der Waals surface area (Å²) in [4.78, 5) is 26.9. The van der Waals surface area contributed by atoms with Gasteiger partial charge in [0.25, 0.3) is 0 Å². The molecule has 1 atom stereocenters. The van der Waals surface area contributed by atoms with Crippen LogP contribution in [0.5, 0.6) is 5.75 Å². The predicted molar refractivity (Wildman–Crippen MR) is 114 cm³/mol. The summed E-state index contributed by atoms with van der Waals surface area (Å²) in [5, 5.41) is 5.97. The molecule has 0 bridgehead atoms. The van der Waals surface area contributed by atoms with Gasteiger partial charge in [-0.2, -0.15) is 0 Å². The van der Waals surface area contributed by atoms with Gasteiger partial charge >= 0.3 is 6.03 Å². The Morgan fingerprint density at radius 1 is 1.17 bits per heavy atom. The van der Waals surface area contributed by atoms with Crippen LogP contribution in [-0.4, -0.2) is 36.5 Å². The molecule has 1 aliphatic rings. The van der Waals surface area contributed by atoms with Crippen molar-refractivity contribution in [2.75, 3.05) is 19.0 Å². The molecule has 1 saturated heterocycles. The molecule has 2 aromatic carbocycles. The highest BCUT2D eigenvalue weighted by Crippen LogP contribution is 2.19. The topological polar surface area (TPSA) is 70.7 Å². The maximum absolute atomic E-state index is 12.5. The fourth-order valence-electron chi connectivity index (χ4n) is 3.63. The van der Waals surface area contributed by atoms with Gasteiger partial charge < -0.3 is 20.3 Å². The Morgan fingerprint density at radius 2 is 2.00 bits per heavy atom. The zero-order valence-electron chi connectivity index (χ0n) is 17.1. The first-order chi connectivity index (χ1) is 14.1. The number of amides is 3. The summed E-state index contributed by atoms with van der Waals surface area (Å²) in [5.41, 5.74) is 2.97. The van der Waals surface area contributed by atoms with Gasteiger partial charge in [-0.1, -0.05) is 37.3 Å². The van der Waals surface area contributed by atoms with E-state index in [4.69, 9.17) is 4.74 Å². The number of benzene rings is 2. The molecule has 0 saturated carbocycles. The molecule has 3 amide bonds. The van der Waals surface area contributed by atoms with Crippen LogP contribution in [0.25, 0.3) is 0 Å². The van der Waals surface area contributed by atoms with E-state index in [0.29, 0.717) is 25.9 Å². The Labute approximate surface area is 172 Å². The number of ether oxygens (including phenoxy) is 1. The van der Waals surface area contributed by atoms with Crippen LogP contribution >= 0.6 is 0 Å². The van der Waals surface area contributed by atoms with Crippen LogP contribution in [-0.2, 0) is 17.8 Å². The SMILES string of the molecule is CCc1ccccc1NC(=O)NC1CCC(=O)N(Cc2cccc(OC)c2)CC1. The number of urea groups is 1. The van der Waals surface area contributed by atoms with Crippen molar-refractivity contribution in [1.82, 2.24) is 10.2 Å². The standard InChI is InChI=1S/C23H29N3O3/c1-3-18-8-4-5-10-21(18)25-23(28)24-19-11-12-22(27)26(14-13-19)16-17-7-6-9-20(15-17)29-2/h4-10,15,19H,3,11-14,16H2,1-2H3,(H2,24,25,28). The van der Waals surface area contributed by atoms with Crippen molar-refractivity contribution in [3.63, 3.8) is 0 Å². The van der Waals surface area contributed by atoms with E-state index in [9.17, 15) is 9.59 Å². The van der Waals surface area contributed by atoms with Crippen LogP contribution in [0, 0.1) is 0 Å². The molecule has 1 unspecified atom stereocenters. The number of nitrogens with one attached hydrogen (secondary N) is 2. The lowest BCUT2D eigenvalue weighted by atomic mass is 10.1. The number of para-hydroxylation sites is 1. The van der Waals surface area contributed by atoms with Crippen LogP contribution in [0.1, 0.15) is 37.3 Å². The maximum atomic E-state index is 12.5. The van der Waals surface area contributed by atoms with Crippen molar-refractivity contribution < 1.29 is 14.3 Å². The molecular weight excluding hydrogens is 366 g/mol. The molecule has 0 radical (unpaired) electrons. The Balaban J connectivity index is 1.55. The van der Waals surface area contributed by atoms with Gasteiger partial charge in [0, 0.05) is 31.2 Å². The van der Waals surface area contributed by atoms with Crippen molar-refractivity contribution in [2.45, 2.75) is 45.2 Å². The van der Waals surface area contributed by atoms with Gasteiger partial charge in [-0.05, 0) is 48.6 Å². The highest BCUT2D eigenvalue weighted by molar-refractivity contribution is 5.90. The quantitative estimate of drug-likeness (QED) is 0.778. The van der Waals surface area contributed by atoms with E-state index in [1.54, 1.807) is 7.11 Å². The van der Waals surface area contributed by atoms with E-state index < -0.39 is 0 Å². The molecule has 2 aromatic rings. The molecule has 0 aromatic heterocycles. The van der Waals surface area contributed by atoms with Crippen LogP contribution < -0.4 is 15.4 Å². The van der Waals surface area contributed by atoms with Gasteiger partial charge in [-0.3, -0.25) is 4.79 Å². The van der Waals surface area contributed by atoms with Crippen molar-refractivity contribution in [2.24, 2.45) is 0 Å². The summed E-state index contributed by atoms with van der Waals surface area (Å²) >= 11 is 0. The molecule has 1 fully saturated rings. The Bertz CT molecular complexity index is 853. The van der Waals surface area contributed by atoms with Crippen LogP contribution in [0.4, 0.5) is 10.5 Å². The Kier molecular flexibility index (Phi) is 7.11. The predicted octanol–water partition coefficient (Wildman–Crippen LogP) is 3.96. The largest absolute Gasteiger partial charge is 0.497 e. The molecule has 6 heteroatoms. The van der Waals surface area contributed by atoms with Crippen LogP contribution in [0.15, 0.2) is 48.5 Å². The average Bonchev–Trinajstić information content (AvgIpc) is 2.90.